The Morgan fingerprint density at radius 3 is 2.48 bits per heavy atom. The predicted octanol–water partition coefficient (Wildman–Crippen LogP) is 2.99. The highest BCUT2D eigenvalue weighted by Gasteiger charge is 2.30. The second-order valence-corrected chi connectivity index (χ2v) is 7.68. The zero-order valence-corrected chi connectivity index (χ0v) is 18.7. The Hall–Kier alpha value is -2.93. The Morgan fingerprint density at radius 1 is 1.06 bits per heavy atom. The van der Waals surface area contributed by atoms with Gasteiger partial charge >= 0.3 is 5.97 Å². The average Bonchev–Trinajstić information content (AvgIpc) is 3.06. The van der Waals surface area contributed by atoms with Crippen LogP contribution in [0.2, 0.25) is 0 Å². The standard InChI is InChI=1S/C24H32N4O3/c1-4-26(3)22(19-10-7-6-8-11-19)23(29)28-15-9-14-27(16-17-28)21-13-12-20(18-25-21)24(30)31-5-2/h6-8,10-13,18,22H,4-5,9,14-17H2,1-3H3. The minimum Gasteiger partial charge on any atom is -0.462 e. The van der Waals surface area contributed by atoms with Crippen LogP contribution in [0.25, 0.3) is 0 Å². The van der Waals surface area contributed by atoms with E-state index in [0.29, 0.717) is 25.3 Å². The minimum atomic E-state index is -0.360. The number of amides is 1. The highest BCUT2D eigenvalue weighted by atomic mass is 16.5. The van der Waals surface area contributed by atoms with Crippen LogP contribution in [0.15, 0.2) is 48.7 Å². The number of aromatic nitrogens is 1. The lowest BCUT2D eigenvalue weighted by atomic mass is 10.0. The van der Waals surface area contributed by atoms with Crippen molar-refractivity contribution in [3.63, 3.8) is 0 Å². The Morgan fingerprint density at radius 2 is 1.84 bits per heavy atom. The van der Waals surface area contributed by atoms with Crippen LogP contribution in [0, 0.1) is 0 Å². The van der Waals surface area contributed by atoms with Gasteiger partial charge in [0.05, 0.1) is 12.2 Å². The van der Waals surface area contributed by atoms with Crippen molar-refractivity contribution in [1.29, 1.82) is 0 Å². The summed E-state index contributed by atoms with van der Waals surface area (Å²) in [5.74, 6) is 0.594. The van der Waals surface area contributed by atoms with E-state index < -0.39 is 0 Å². The number of likely N-dealkylation sites (N-methyl/N-ethyl adjacent to an activating group) is 1. The molecule has 0 bridgehead atoms. The smallest absolute Gasteiger partial charge is 0.339 e. The normalized spacial score (nSPS) is 15.5. The fourth-order valence-electron chi connectivity index (χ4n) is 3.85. The largest absolute Gasteiger partial charge is 0.462 e. The Bertz CT molecular complexity index is 857. The van der Waals surface area contributed by atoms with E-state index in [-0.39, 0.29) is 17.9 Å². The first-order chi connectivity index (χ1) is 15.0. The molecule has 1 aromatic heterocycles. The van der Waals surface area contributed by atoms with Crippen LogP contribution in [0.4, 0.5) is 5.82 Å². The first-order valence-electron chi connectivity index (χ1n) is 11.0. The van der Waals surface area contributed by atoms with Crippen molar-refractivity contribution in [1.82, 2.24) is 14.8 Å². The topological polar surface area (TPSA) is 66.0 Å². The van der Waals surface area contributed by atoms with Crippen LogP contribution in [-0.2, 0) is 9.53 Å². The molecular formula is C24H32N4O3. The second kappa shape index (κ2) is 10.9. The van der Waals surface area contributed by atoms with E-state index in [0.717, 1.165) is 37.4 Å². The zero-order valence-electron chi connectivity index (χ0n) is 18.7. The van der Waals surface area contributed by atoms with Gasteiger partial charge in [0.25, 0.3) is 0 Å². The fraction of sp³-hybridized carbons (Fsp3) is 0.458. The second-order valence-electron chi connectivity index (χ2n) is 7.68. The molecule has 2 heterocycles. The number of hydrogen-bond acceptors (Lipinski definition) is 6. The number of nitrogens with zero attached hydrogens (tertiary/aromatic N) is 4. The molecule has 1 aliphatic rings. The van der Waals surface area contributed by atoms with Crippen molar-refractivity contribution in [3.8, 4) is 0 Å². The summed E-state index contributed by atoms with van der Waals surface area (Å²) in [5.41, 5.74) is 1.47. The molecule has 0 N–H and O–H groups in total. The third-order valence-electron chi connectivity index (χ3n) is 5.68. The first-order valence-corrected chi connectivity index (χ1v) is 11.0. The van der Waals surface area contributed by atoms with Gasteiger partial charge < -0.3 is 14.5 Å². The monoisotopic (exact) mass is 424 g/mol. The first kappa shape index (κ1) is 22.7. The van der Waals surface area contributed by atoms with E-state index in [1.807, 2.05) is 48.3 Å². The molecule has 1 unspecified atom stereocenters. The molecule has 0 saturated carbocycles. The molecule has 1 aliphatic heterocycles. The molecule has 1 fully saturated rings. The Labute approximate surface area is 184 Å². The van der Waals surface area contributed by atoms with Gasteiger partial charge in [-0.2, -0.15) is 0 Å². The molecule has 1 atom stereocenters. The van der Waals surface area contributed by atoms with Crippen molar-refractivity contribution in [2.45, 2.75) is 26.3 Å². The number of benzene rings is 1. The fourth-order valence-corrected chi connectivity index (χ4v) is 3.85. The van der Waals surface area contributed by atoms with Crippen LogP contribution >= 0.6 is 0 Å². The third kappa shape index (κ3) is 5.61. The summed E-state index contributed by atoms with van der Waals surface area (Å²) in [6.07, 6.45) is 2.42. The molecule has 1 amide bonds. The molecule has 1 aromatic carbocycles. The molecule has 0 aliphatic carbocycles. The maximum absolute atomic E-state index is 13.5. The van der Waals surface area contributed by atoms with Gasteiger partial charge in [-0.3, -0.25) is 9.69 Å². The summed E-state index contributed by atoms with van der Waals surface area (Å²) >= 11 is 0. The van der Waals surface area contributed by atoms with Crippen molar-refractivity contribution >= 4 is 17.7 Å². The summed E-state index contributed by atoms with van der Waals surface area (Å²) < 4.78 is 5.02. The van der Waals surface area contributed by atoms with E-state index in [9.17, 15) is 9.59 Å². The zero-order chi connectivity index (χ0) is 22.2. The van der Waals surface area contributed by atoms with E-state index in [1.165, 1.54) is 0 Å². The van der Waals surface area contributed by atoms with Gasteiger partial charge in [0.15, 0.2) is 0 Å². The third-order valence-corrected chi connectivity index (χ3v) is 5.68. The van der Waals surface area contributed by atoms with Crippen LogP contribution in [-0.4, -0.2) is 73.0 Å². The highest BCUT2D eigenvalue weighted by Crippen LogP contribution is 2.23. The summed E-state index contributed by atoms with van der Waals surface area (Å²) in [4.78, 5) is 36.0. The number of esters is 1. The summed E-state index contributed by atoms with van der Waals surface area (Å²) in [6, 6.07) is 13.3. The number of carbonyl (C=O) groups is 2. The van der Waals surface area contributed by atoms with Crippen LogP contribution in [0.5, 0.6) is 0 Å². The molecule has 1 saturated heterocycles. The van der Waals surface area contributed by atoms with Crippen molar-refractivity contribution in [3.05, 3.63) is 59.8 Å². The lowest BCUT2D eigenvalue weighted by Gasteiger charge is -2.32. The van der Waals surface area contributed by atoms with Crippen LogP contribution in [0.3, 0.4) is 0 Å². The molecule has 2 aromatic rings. The van der Waals surface area contributed by atoms with Gasteiger partial charge in [-0.15, -0.1) is 0 Å². The van der Waals surface area contributed by atoms with Crippen LogP contribution < -0.4 is 4.90 Å². The number of pyridine rings is 1. The molecule has 31 heavy (non-hydrogen) atoms. The summed E-state index contributed by atoms with van der Waals surface area (Å²) in [6.45, 7) is 7.86. The van der Waals surface area contributed by atoms with Gasteiger partial charge in [-0.1, -0.05) is 37.3 Å². The maximum Gasteiger partial charge on any atom is 0.339 e. The predicted molar refractivity (Wildman–Crippen MR) is 121 cm³/mol. The Balaban J connectivity index is 1.68. The van der Waals surface area contributed by atoms with Gasteiger partial charge in [-0.25, -0.2) is 9.78 Å². The quantitative estimate of drug-likeness (QED) is 0.637. The molecule has 0 spiro atoms. The van der Waals surface area contributed by atoms with Gasteiger partial charge in [0.1, 0.15) is 11.9 Å². The van der Waals surface area contributed by atoms with E-state index in [4.69, 9.17) is 4.74 Å². The molecule has 3 rings (SSSR count). The molecule has 7 nitrogen and oxygen atoms in total. The number of hydrogen-bond donors (Lipinski definition) is 0. The minimum absolute atomic E-state index is 0.142. The van der Waals surface area contributed by atoms with Crippen molar-refractivity contribution in [2.75, 3.05) is 51.3 Å². The van der Waals surface area contributed by atoms with E-state index in [1.54, 1.807) is 19.2 Å². The molecule has 0 radical (unpaired) electrons. The molecule has 166 valence electrons. The maximum atomic E-state index is 13.5. The van der Waals surface area contributed by atoms with Gasteiger partial charge in [0, 0.05) is 32.4 Å². The van der Waals surface area contributed by atoms with Crippen molar-refractivity contribution in [2.24, 2.45) is 0 Å². The van der Waals surface area contributed by atoms with Gasteiger partial charge in [-0.05, 0) is 44.6 Å². The number of anilines is 1. The lowest BCUT2D eigenvalue weighted by molar-refractivity contribution is -0.136. The number of ether oxygens (including phenoxy) is 1. The van der Waals surface area contributed by atoms with Gasteiger partial charge in [0.2, 0.25) is 5.91 Å². The number of carbonyl (C=O) groups excluding carboxylic acids is 2. The Kier molecular flexibility index (Phi) is 8.00. The molecular weight excluding hydrogens is 392 g/mol. The average molecular weight is 425 g/mol. The summed E-state index contributed by atoms with van der Waals surface area (Å²) in [7, 11) is 1.99. The SMILES string of the molecule is CCOC(=O)c1ccc(N2CCCN(C(=O)C(c3ccccc3)N(C)CC)CC2)nc1. The lowest BCUT2D eigenvalue weighted by Crippen LogP contribution is -2.43. The van der Waals surface area contributed by atoms with Crippen molar-refractivity contribution < 1.29 is 14.3 Å². The van der Waals surface area contributed by atoms with E-state index >= 15 is 0 Å². The number of rotatable bonds is 7. The van der Waals surface area contributed by atoms with Crippen LogP contribution in [0.1, 0.15) is 42.2 Å². The molecule has 7 heteroatoms. The highest BCUT2D eigenvalue weighted by molar-refractivity contribution is 5.89. The summed E-state index contributed by atoms with van der Waals surface area (Å²) in [5, 5.41) is 0. The van der Waals surface area contributed by atoms with E-state index in [2.05, 4.69) is 21.7 Å².